The zero-order valence-corrected chi connectivity index (χ0v) is 11.9. The molecule has 0 radical (unpaired) electrons. The molecule has 0 N–H and O–H groups in total. The van der Waals surface area contributed by atoms with Crippen LogP contribution in [0.3, 0.4) is 0 Å². The van der Waals surface area contributed by atoms with Crippen molar-refractivity contribution in [2.75, 3.05) is 0 Å². The second-order valence-electron chi connectivity index (χ2n) is 4.63. The Morgan fingerprint density at radius 3 is 2.90 bits per heavy atom. The van der Waals surface area contributed by atoms with Crippen molar-refractivity contribution in [3.8, 4) is 11.8 Å². The monoisotopic (exact) mass is 300 g/mol. The molecule has 0 saturated carbocycles. The number of rotatable bonds is 2. The van der Waals surface area contributed by atoms with Crippen LogP contribution in [0.2, 0.25) is 0 Å². The predicted octanol–water partition coefficient (Wildman–Crippen LogP) is 3.48. The molecule has 0 saturated heterocycles. The molecule has 3 aromatic rings. The zero-order valence-electron chi connectivity index (χ0n) is 11.1. The summed E-state index contributed by atoms with van der Waals surface area (Å²) in [6.07, 6.45) is 1.72. The van der Waals surface area contributed by atoms with Crippen LogP contribution in [0.4, 0.5) is 4.39 Å². The standard InChI is InChI=1S/C15H10ClFN4/c1-9-4-12-15(19-8-9)21(14(6-16)20-12)13-3-2-11(17)5-10(13)7-18/h2-5,8H,6H2,1H3. The Labute approximate surface area is 125 Å². The first kappa shape index (κ1) is 13.5. The van der Waals surface area contributed by atoms with Crippen LogP contribution >= 0.6 is 11.6 Å². The Morgan fingerprint density at radius 1 is 1.38 bits per heavy atom. The number of nitrogens with zero attached hydrogens (tertiary/aromatic N) is 4. The Bertz CT molecular complexity index is 879. The summed E-state index contributed by atoms with van der Waals surface area (Å²) in [5.41, 5.74) is 3.00. The maximum atomic E-state index is 13.3. The number of benzene rings is 1. The molecule has 104 valence electrons. The number of hydrogen-bond donors (Lipinski definition) is 0. The molecular weight excluding hydrogens is 291 g/mol. The average Bonchev–Trinajstić information content (AvgIpc) is 2.84. The summed E-state index contributed by atoms with van der Waals surface area (Å²) in [5, 5.41) is 9.22. The summed E-state index contributed by atoms with van der Waals surface area (Å²) < 4.78 is 15.0. The lowest BCUT2D eigenvalue weighted by Gasteiger charge is -2.09. The Hall–Kier alpha value is -2.45. The van der Waals surface area contributed by atoms with Crippen LogP contribution in [-0.4, -0.2) is 14.5 Å². The second kappa shape index (κ2) is 5.15. The molecule has 0 fully saturated rings. The van der Waals surface area contributed by atoms with Gasteiger partial charge in [-0.1, -0.05) is 0 Å². The normalized spacial score (nSPS) is 10.8. The fraction of sp³-hybridized carbons (Fsp3) is 0.133. The van der Waals surface area contributed by atoms with E-state index < -0.39 is 5.82 Å². The van der Waals surface area contributed by atoms with Gasteiger partial charge in [0.1, 0.15) is 23.2 Å². The molecule has 21 heavy (non-hydrogen) atoms. The Balaban J connectivity index is 2.37. The van der Waals surface area contributed by atoms with Crippen molar-refractivity contribution < 1.29 is 4.39 Å². The van der Waals surface area contributed by atoms with Gasteiger partial charge >= 0.3 is 0 Å². The molecule has 2 aromatic heterocycles. The second-order valence-corrected chi connectivity index (χ2v) is 4.89. The van der Waals surface area contributed by atoms with Gasteiger partial charge in [0.15, 0.2) is 5.65 Å². The molecule has 0 aliphatic carbocycles. The zero-order chi connectivity index (χ0) is 15.0. The van der Waals surface area contributed by atoms with Gasteiger partial charge in [0, 0.05) is 6.20 Å². The lowest BCUT2D eigenvalue weighted by molar-refractivity contribution is 0.627. The van der Waals surface area contributed by atoms with Crippen molar-refractivity contribution in [2.24, 2.45) is 0 Å². The predicted molar refractivity (Wildman–Crippen MR) is 77.8 cm³/mol. The van der Waals surface area contributed by atoms with Gasteiger partial charge in [-0.15, -0.1) is 11.6 Å². The van der Waals surface area contributed by atoms with E-state index in [0.29, 0.717) is 22.7 Å². The molecular formula is C15H10ClFN4. The van der Waals surface area contributed by atoms with Gasteiger partial charge in [-0.3, -0.25) is 4.57 Å². The van der Waals surface area contributed by atoms with Crippen LogP contribution in [-0.2, 0) is 5.88 Å². The van der Waals surface area contributed by atoms with Crippen LogP contribution < -0.4 is 0 Å². The quantitative estimate of drug-likeness (QED) is 0.681. The Morgan fingerprint density at radius 2 is 2.19 bits per heavy atom. The summed E-state index contributed by atoms with van der Waals surface area (Å²) in [6.45, 7) is 1.92. The van der Waals surface area contributed by atoms with Crippen molar-refractivity contribution in [3.63, 3.8) is 0 Å². The molecule has 0 aliphatic rings. The van der Waals surface area contributed by atoms with Crippen molar-refractivity contribution in [1.82, 2.24) is 14.5 Å². The number of alkyl halides is 1. The minimum Gasteiger partial charge on any atom is -0.278 e. The highest BCUT2D eigenvalue weighted by atomic mass is 35.5. The average molecular weight is 301 g/mol. The minimum atomic E-state index is -0.462. The fourth-order valence-electron chi connectivity index (χ4n) is 2.25. The first-order valence-corrected chi connectivity index (χ1v) is 6.77. The van der Waals surface area contributed by atoms with Gasteiger partial charge in [0.25, 0.3) is 0 Å². The molecule has 0 aliphatic heterocycles. The molecule has 0 amide bonds. The van der Waals surface area contributed by atoms with Crippen molar-refractivity contribution in [3.05, 3.63) is 53.2 Å². The van der Waals surface area contributed by atoms with Crippen molar-refractivity contribution in [2.45, 2.75) is 12.8 Å². The number of fused-ring (bicyclic) bond motifs is 1. The first-order chi connectivity index (χ1) is 10.1. The van der Waals surface area contributed by atoms with Crippen LogP contribution in [0.25, 0.3) is 16.9 Å². The fourth-order valence-corrected chi connectivity index (χ4v) is 2.43. The van der Waals surface area contributed by atoms with E-state index in [2.05, 4.69) is 9.97 Å². The van der Waals surface area contributed by atoms with Gasteiger partial charge in [0.2, 0.25) is 0 Å². The number of halogens is 2. The summed E-state index contributed by atoms with van der Waals surface area (Å²) in [6, 6.07) is 7.91. The summed E-state index contributed by atoms with van der Waals surface area (Å²) in [4.78, 5) is 8.79. The van der Waals surface area contributed by atoms with E-state index in [-0.39, 0.29) is 11.4 Å². The largest absolute Gasteiger partial charge is 0.278 e. The van der Waals surface area contributed by atoms with Crippen molar-refractivity contribution >= 4 is 22.8 Å². The molecule has 4 nitrogen and oxygen atoms in total. The lowest BCUT2D eigenvalue weighted by Crippen LogP contribution is -2.03. The van der Waals surface area contributed by atoms with Crippen molar-refractivity contribution in [1.29, 1.82) is 5.26 Å². The van der Waals surface area contributed by atoms with Crippen LogP contribution in [0.15, 0.2) is 30.5 Å². The van der Waals surface area contributed by atoms with E-state index in [1.54, 1.807) is 10.8 Å². The van der Waals surface area contributed by atoms with E-state index in [1.165, 1.54) is 18.2 Å². The number of aryl methyl sites for hydroxylation is 1. The van der Waals surface area contributed by atoms with E-state index in [9.17, 15) is 9.65 Å². The van der Waals surface area contributed by atoms with E-state index in [0.717, 1.165) is 5.56 Å². The first-order valence-electron chi connectivity index (χ1n) is 6.24. The molecule has 0 bridgehead atoms. The molecule has 3 rings (SSSR count). The molecule has 0 atom stereocenters. The van der Waals surface area contributed by atoms with Crippen LogP contribution in [0.1, 0.15) is 17.0 Å². The molecule has 2 heterocycles. The van der Waals surface area contributed by atoms with Crippen LogP contribution in [0.5, 0.6) is 0 Å². The highest BCUT2D eigenvalue weighted by molar-refractivity contribution is 6.17. The van der Waals surface area contributed by atoms with E-state index in [1.807, 2.05) is 19.1 Å². The summed E-state index contributed by atoms with van der Waals surface area (Å²) in [5.74, 6) is 0.265. The smallest absolute Gasteiger partial charge is 0.164 e. The minimum absolute atomic E-state index is 0.164. The maximum Gasteiger partial charge on any atom is 0.164 e. The highest BCUT2D eigenvalue weighted by Crippen LogP contribution is 2.24. The van der Waals surface area contributed by atoms with Gasteiger partial charge in [-0.05, 0) is 36.8 Å². The number of pyridine rings is 1. The molecule has 6 heteroatoms. The third kappa shape index (κ3) is 2.24. The molecule has 0 unspecified atom stereocenters. The topological polar surface area (TPSA) is 54.5 Å². The number of aromatic nitrogens is 3. The Kier molecular flexibility index (Phi) is 3.32. The van der Waals surface area contributed by atoms with E-state index >= 15 is 0 Å². The number of hydrogen-bond acceptors (Lipinski definition) is 3. The van der Waals surface area contributed by atoms with Gasteiger partial charge in [0.05, 0.1) is 17.1 Å². The maximum absolute atomic E-state index is 13.3. The van der Waals surface area contributed by atoms with E-state index in [4.69, 9.17) is 11.6 Å². The highest BCUT2D eigenvalue weighted by Gasteiger charge is 2.16. The third-order valence-corrected chi connectivity index (χ3v) is 3.38. The summed E-state index contributed by atoms with van der Waals surface area (Å²) in [7, 11) is 0. The lowest BCUT2D eigenvalue weighted by atomic mass is 10.2. The van der Waals surface area contributed by atoms with Gasteiger partial charge in [-0.2, -0.15) is 5.26 Å². The third-order valence-electron chi connectivity index (χ3n) is 3.14. The van der Waals surface area contributed by atoms with Gasteiger partial charge < -0.3 is 0 Å². The van der Waals surface area contributed by atoms with Gasteiger partial charge in [-0.25, -0.2) is 14.4 Å². The summed E-state index contributed by atoms with van der Waals surface area (Å²) >= 11 is 5.95. The SMILES string of the molecule is Cc1cnc2c(c1)nc(CCl)n2-c1ccc(F)cc1C#N. The molecule has 1 aromatic carbocycles. The number of imidazole rings is 1. The molecule has 0 spiro atoms. The number of nitriles is 1. The van der Waals surface area contributed by atoms with Crippen LogP contribution in [0, 0.1) is 24.1 Å².